The first-order valence-corrected chi connectivity index (χ1v) is 12.5. The second kappa shape index (κ2) is 10.4. The lowest BCUT2D eigenvalue weighted by molar-refractivity contribution is -0.131. The fourth-order valence-electron chi connectivity index (χ4n) is 4.42. The van der Waals surface area contributed by atoms with Gasteiger partial charge in [-0.05, 0) is 51.0 Å². The van der Waals surface area contributed by atoms with E-state index in [1.54, 1.807) is 7.11 Å². The molecule has 174 valence electrons. The lowest BCUT2D eigenvalue weighted by Gasteiger charge is -2.32. The second-order valence-electron chi connectivity index (χ2n) is 8.68. The van der Waals surface area contributed by atoms with Gasteiger partial charge in [0.25, 0.3) is 0 Å². The first kappa shape index (κ1) is 23.4. The van der Waals surface area contributed by atoms with E-state index in [-0.39, 0.29) is 11.2 Å². The maximum Gasteiger partial charge on any atom is 0.235 e. The first-order chi connectivity index (χ1) is 16.0. The van der Waals surface area contributed by atoms with Gasteiger partial charge in [0, 0.05) is 18.8 Å². The van der Waals surface area contributed by atoms with Gasteiger partial charge in [0.05, 0.1) is 17.9 Å². The minimum absolute atomic E-state index is 0.143. The molecule has 1 fully saturated rings. The summed E-state index contributed by atoms with van der Waals surface area (Å²) in [5.74, 6) is 1.57. The van der Waals surface area contributed by atoms with Crippen LogP contribution in [-0.4, -0.2) is 51.0 Å². The van der Waals surface area contributed by atoms with E-state index >= 15 is 0 Å². The van der Waals surface area contributed by atoms with E-state index in [2.05, 4.69) is 41.4 Å². The van der Waals surface area contributed by atoms with Crippen LogP contribution in [0.4, 0.5) is 0 Å². The highest BCUT2D eigenvalue weighted by Gasteiger charge is 2.28. The van der Waals surface area contributed by atoms with E-state index in [9.17, 15) is 4.79 Å². The Kier molecular flexibility index (Phi) is 7.38. The van der Waals surface area contributed by atoms with Crippen molar-refractivity contribution in [2.75, 3.05) is 14.2 Å². The number of hydrogen-bond donors (Lipinski definition) is 0. The predicted octanol–water partition coefficient (Wildman–Crippen LogP) is 5.52. The summed E-state index contributed by atoms with van der Waals surface area (Å²) in [5.41, 5.74) is 2.99. The van der Waals surface area contributed by atoms with Gasteiger partial charge >= 0.3 is 0 Å². The lowest BCUT2D eigenvalue weighted by atomic mass is 9.94. The third-order valence-corrected chi connectivity index (χ3v) is 7.40. The molecule has 0 bridgehead atoms. The number of rotatable bonds is 7. The van der Waals surface area contributed by atoms with Gasteiger partial charge in [0.1, 0.15) is 5.75 Å². The topological polar surface area (TPSA) is 60.3 Å². The highest BCUT2D eigenvalue weighted by molar-refractivity contribution is 8.00. The molecule has 1 unspecified atom stereocenters. The van der Waals surface area contributed by atoms with E-state index < -0.39 is 0 Å². The zero-order valence-electron chi connectivity index (χ0n) is 19.8. The molecule has 1 aromatic heterocycles. The summed E-state index contributed by atoms with van der Waals surface area (Å²) < 4.78 is 7.61. The molecule has 1 heterocycles. The predicted molar refractivity (Wildman–Crippen MR) is 133 cm³/mol. The summed E-state index contributed by atoms with van der Waals surface area (Å²) in [7, 11) is 3.60. The Hall–Kier alpha value is -2.80. The number of thioether (sulfide) groups is 1. The largest absolute Gasteiger partial charge is 0.496 e. The van der Waals surface area contributed by atoms with Crippen molar-refractivity contribution in [3.05, 3.63) is 54.1 Å². The van der Waals surface area contributed by atoms with Gasteiger partial charge in [-0.3, -0.25) is 9.36 Å². The third kappa shape index (κ3) is 5.08. The Balaban J connectivity index is 1.67. The molecule has 0 radical (unpaired) electrons. The number of amides is 1. The number of methoxy groups -OCH3 is 1. The average molecular weight is 465 g/mol. The zero-order valence-corrected chi connectivity index (χ0v) is 20.6. The quantitative estimate of drug-likeness (QED) is 0.431. The van der Waals surface area contributed by atoms with Crippen LogP contribution >= 0.6 is 11.8 Å². The number of para-hydroxylation sites is 1. The van der Waals surface area contributed by atoms with Crippen LogP contribution in [0.2, 0.25) is 0 Å². The second-order valence-corrected chi connectivity index (χ2v) is 9.99. The summed E-state index contributed by atoms with van der Waals surface area (Å²) in [6, 6.07) is 16.4. The Morgan fingerprint density at radius 2 is 1.79 bits per heavy atom. The van der Waals surface area contributed by atoms with Crippen LogP contribution in [0.15, 0.2) is 53.7 Å². The highest BCUT2D eigenvalue weighted by atomic mass is 32.2. The lowest BCUT2D eigenvalue weighted by Crippen LogP contribution is -2.42. The fraction of sp³-hybridized carbons (Fsp3) is 0.423. The molecule has 0 N–H and O–H groups in total. The average Bonchev–Trinajstić information content (AvgIpc) is 3.27. The molecule has 4 rings (SSSR count). The van der Waals surface area contributed by atoms with Gasteiger partial charge in [-0.15, -0.1) is 10.2 Å². The molecule has 7 heteroatoms. The highest BCUT2D eigenvalue weighted by Crippen LogP contribution is 2.35. The van der Waals surface area contributed by atoms with Gasteiger partial charge in [0.15, 0.2) is 11.0 Å². The van der Waals surface area contributed by atoms with E-state index in [4.69, 9.17) is 4.74 Å². The molecule has 1 atom stereocenters. The number of carbonyl (C=O) groups excluding carboxylic acids is 1. The maximum absolute atomic E-state index is 13.2. The van der Waals surface area contributed by atoms with E-state index in [1.807, 2.05) is 47.7 Å². The van der Waals surface area contributed by atoms with Gasteiger partial charge in [0.2, 0.25) is 5.91 Å². The molecular formula is C26H32N4O2S. The van der Waals surface area contributed by atoms with E-state index in [0.717, 1.165) is 29.8 Å². The SMILES string of the molecule is COc1ccccc1-c1nnc(SC(C)C(=O)N(C)C2CCCCC2)n1-c1ccc(C)cc1. The molecule has 0 aliphatic heterocycles. The van der Waals surface area contributed by atoms with Crippen LogP contribution in [0, 0.1) is 6.92 Å². The number of nitrogens with zero attached hydrogens (tertiary/aromatic N) is 4. The molecule has 1 amide bonds. The van der Waals surface area contributed by atoms with Crippen molar-refractivity contribution in [3.63, 3.8) is 0 Å². The molecule has 1 saturated carbocycles. The van der Waals surface area contributed by atoms with Crippen LogP contribution in [0.3, 0.4) is 0 Å². The van der Waals surface area contributed by atoms with Gasteiger partial charge in [-0.2, -0.15) is 0 Å². The number of hydrogen-bond acceptors (Lipinski definition) is 5. The number of aromatic nitrogens is 3. The molecule has 1 aliphatic rings. The Morgan fingerprint density at radius 1 is 1.09 bits per heavy atom. The number of aryl methyl sites for hydroxylation is 1. The smallest absolute Gasteiger partial charge is 0.235 e. The van der Waals surface area contributed by atoms with Crippen molar-refractivity contribution in [3.8, 4) is 22.8 Å². The van der Waals surface area contributed by atoms with Crippen molar-refractivity contribution >= 4 is 17.7 Å². The Morgan fingerprint density at radius 3 is 2.48 bits per heavy atom. The molecule has 2 aromatic carbocycles. The number of carbonyl (C=O) groups is 1. The van der Waals surface area contributed by atoms with Crippen LogP contribution in [-0.2, 0) is 4.79 Å². The van der Waals surface area contributed by atoms with Gasteiger partial charge in [-0.1, -0.05) is 60.9 Å². The summed E-state index contributed by atoms with van der Waals surface area (Å²) >= 11 is 1.46. The summed E-state index contributed by atoms with van der Waals surface area (Å²) in [6.45, 7) is 4.03. The maximum atomic E-state index is 13.2. The summed E-state index contributed by atoms with van der Waals surface area (Å²) in [5, 5.41) is 9.46. The molecular weight excluding hydrogens is 432 g/mol. The van der Waals surface area contributed by atoms with Crippen LogP contribution < -0.4 is 4.74 Å². The van der Waals surface area contributed by atoms with Crippen molar-refractivity contribution in [1.29, 1.82) is 0 Å². The van der Waals surface area contributed by atoms with Crippen molar-refractivity contribution in [2.24, 2.45) is 0 Å². The van der Waals surface area contributed by atoms with Gasteiger partial charge < -0.3 is 9.64 Å². The van der Waals surface area contributed by atoms with Crippen molar-refractivity contribution < 1.29 is 9.53 Å². The molecule has 6 nitrogen and oxygen atoms in total. The molecule has 3 aromatic rings. The van der Waals surface area contributed by atoms with E-state index in [0.29, 0.717) is 17.0 Å². The number of ether oxygens (including phenoxy) is 1. The molecule has 1 aliphatic carbocycles. The third-order valence-electron chi connectivity index (χ3n) is 6.37. The minimum atomic E-state index is -0.268. The Labute approximate surface area is 200 Å². The monoisotopic (exact) mass is 464 g/mol. The van der Waals surface area contributed by atoms with Crippen molar-refractivity contribution in [1.82, 2.24) is 19.7 Å². The van der Waals surface area contributed by atoms with E-state index in [1.165, 1.54) is 36.6 Å². The molecule has 0 saturated heterocycles. The van der Waals surface area contributed by atoms with Crippen molar-refractivity contribution in [2.45, 2.75) is 62.4 Å². The summed E-state index contributed by atoms with van der Waals surface area (Å²) in [4.78, 5) is 15.2. The standard InChI is InChI=1S/C26H32N4O2S/c1-18-14-16-21(17-15-18)30-24(22-12-8-9-13-23(22)32-4)27-28-26(30)33-19(2)25(31)29(3)20-10-6-5-7-11-20/h8-9,12-17,19-20H,5-7,10-11H2,1-4H3. The van der Waals surface area contributed by atoms with Gasteiger partial charge in [-0.25, -0.2) is 0 Å². The van der Waals surface area contributed by atoms with Crippen LogP contribution in [0.25, 0.3) is 17.1 Å². The normalized spacial score (nSPS) is 15.3. The number of benzene rings is 2. The summed E-state index contributed by atoms with van der Waals surface area (Å²) in [6.07, 6.45) is 5.87. The Bertz CT molecular complexity index is 1090. The molecule has 33 heavy (non-hydrogen) atoms. The molecule has 0 spiro atoms. The fourth-order valence-corrected chi connectivity index (χ4v) is 5.39. The minimum Gasteiger partial charge on any atom is -0.496 e. The van der Waals surface area contributed by atoms with Crippen LogP contribution in [0.5, 0.6) is 5.75 Å². The van der Waals surface area contributed by atoms with Crippen LogP contribution in [0.1, 0.15) is 44.6 Å². The zero-order chi connectivity index (χ0) is 23.4. The first-order valence-electron chi connectivity index (χ1n) is 11.6.